The monoisotopic (exact) mass is 341 g/mol. The summed E-state index contributed by atoms with van der Waals surface area (Å²) < 4.78 is 18.0. The van der Waals surface area contributed by atoms with E-state index in [1.54, 1.807) is 0 Å². The van der Waals surface area contributed by atoms with Crippen LogP contribution in [-0.2, 0) is 4.74 Å². The van der Waals surface area contributed by atoms with Gasteiger partial charge in [0, 0.05) is 22.6 Å². The zero-order valence-corrected chi connectivity index (χ0v) is 13.4. The number of nitrogens with one attached hydrogen (secondary N) is 1. The number of rotatable bonds is 2. The van der Waals surface area contributed by atoms with Gasteiger partial charge in [0.25, 0.3) is 0 Å². The molecule has 1 N–H and O–H groups in total. The fourth-order valence-electron chi connectivity index (χ4n) is 2.92. The van der Waals surface area contributed by atoms with Gasteiger partial charge in [-0.3, -0.25) is 0 Å². The van der Waals surface area contributed by atoms with Crippen LogP contribution in [0.25, 0.3) is 0 Å². The van der Waals surface area contributed by atoms with E-state index in [2.05, 4.69) is 35.1 Å². The van der Waals surface area contributed by atoms with Crippen molar-refractivity contribution in [2.45, 2.75) is 44.9 Å². The molecule has 0 bridgehead atoms. The van der Waals surface area contributed by atoms with Gasteiger partial charge >= 0.3 is 0 Å². The van der Waals surface area contributed by atoms with Crippen molar-refractivity contribution in [3.8, 4) is 11.5 Å². The Bertz CT molecular complexity index is 484. The first kappa shape index (κ1) is 14.0. The van der Waals surface area contributed by atoms with Gasteiger partial charge in [0.05, 0.1) is 17.9 Å². The van der Waals surface area contributed by atoms with E-state index >= 15 is 0 Å². The van der Waals surface area contributed by atoms with Crippen molar-refractivity contribution in [1.82, 2.24) is 0 Å². The molecule has 0 aromatic heterocycles. The molecule has 0 saturated carbocycles. The summed E-state index contributed by atoms with van der Waals surface area (Å²) in [6.07, 6.45) is 2.63. The Hall–Kier alpha value is -0.940. The zero-order valence-electron chi connectivity index (χ0n) is 11.8. The lowest BCUT2D eigenvalue weighted by Crippen LogP contribution is -2.37. The topological polar surface area (TPSA) is 39.7 Å². The highest BCUT2D eigenvalue weighted by Crippen LogP contribution is 2.39. The average Bonchev–Trinajstić information content (AvgIpc) is 2.38. The molecule has 3 rings (SSSR count). The van der Waals surface area contributed by atoms with E-state index < -0.39 is 0 Å². The number of halogens is 1. The van der Waals surface area contributed by atoms with Gasteiger partial charge in [0.2, 0.25) is 0 Å². The lowest BCUT2D eigenvalue weighted by atomic mass is 9.99. The number of benzene rings is 1. The second-order valence-electron chi connectivity index (χ2n) is 5.55. The van der Waals surface area contributed by atoms with Gasteiger partial charge in [-0.15, -0.1) is 0 Å². The molecular formula is C15H20BrNO3. The van der Waals surface area contributed by atoms with Crippen LogP contribution in [0.3, 0.4) is 0 Å². The Kier molecular flexibility index (Phi) is 4.08. The molecule has 2 heterocycles. The standard InChI is InChI=1S/C15H20BrNO3/c1-9-5-11(6-10(2)20-9)17-13-8-15-14(7-12(13)16)18-3-4-19-15/h7-11,17H,3-6H2,1-2H3. The van der Waals surface area contributed by atoms with Crippen LogP contribution >= 0.6 is 15.9 Å². The normalized spacial score (nSPS) is 29.1. The first-order valence-corrected chi connectivity index (χ1v) is 7.92. The molecule has 110 valence electrons. The minimum atomic E-state index is 0.298. The fourth-order valence-corrected chi connectivity index (χ4v) is 3.35. The second-order valence-corrected chi connectivity index (χ2v) is 6.40. The first-order chi connectivity index (χ1) is 9.61. The summed E-state index contributed by atoms with van der Waals surface area (Å²) >= 11 is 3.60. The van der Waals surface area contributed by atoms with Crippen molar-refractivity contribution < 1.29 is 14.2 Å². The van der Waals surface area contributed by atoms with E-state index in [1.807, 2.05) is 12.1 Å². The number of anilines is 1. The SMILES string of the molecule is CC1CC(Nc2cc3c(cc2Br)OCCO3)CC(C)O1. The van der Waals surface area contributed by atoms with Crippen LogP contribution in [0.5, 0.6) is 11.5 Å². The zero-order chi connectivity index (χ0) is 14.1. The quantitative estimate of drug-likeness (QED) is 0.892. The molecule has 1 aromatic rings. The lowest BCUT2D eigenvalue weighted by Gasteiger charge is -2.33. The van der Waals surface area contributed by atoms with Crippen molar-refractivity contribution in [2.24, 2.45) is 0 Å². The maximum atomic E-state index is 5.78. The summed E-state index contributed by atoms with van der Waals surface area (Å²) in [5, 5.41) is 3.60. The Morgan fingerprint density at radius 3 is 2.30 bits per heavy atom. The fraction of sp³-hybridized carbons (Fsp3) is 0.600. The van der Waals surface area contributed by atoms with Crippen molar-refractivity contribution in [1.29, 1.82) is 0 Å². The van der Waals surface area contributed by atoms with Gasteiger partial charge < -0.3 is 19.5 Å². The summed E-state index contributed by atoms with van der Waals surface area (Å²) in [6, 6.07) is 4.42. The molecule has 2 unspecified atom stereocenters. The van der Waals surface area contributed by atoms with Gasteiger partial charge in [0.1, 0.15) is 13.2 Å². The Morgan fingerprint density at radius 1 is 1.05 bits per heavy atom. The molecule has 0 amide bonds. The van der Waals surface area contributed by atoms with Crippen LogP contribution in [0.2, 0.25) is 0 Å². The highest BCUT2D eigenvalue weighted by Gasteiger charge is 2.25. The Labute approximate surface area is 127 Å². The predicted molar refractivity (Wildman–Crippen MR) is 81.8 cm³/mol. The molecule has 2 aliphatic rings. The maximum absolute atomic E-state index is 5.78. The minimum absolute atomic E-state index is 0.298. The van der Waals surface area contributed by atoms with Crippen LogP contribution in [0.1, 0.15) is 26.7 Å². The summed E-state index contributed by atoms with van der Waals surface area (Å²) in [6.45, 7) is 5.48. The summed E-state index contributed by atoms with van der Waals surface area (Å²) in [5.41, 5.74) is 1.06. The van der Waals surface area contributed by atoms with Crippen molar-refractivity contribution in [3.05, 3.63) is 16.6 Å². The van der Waals surface area contributed by atoms with E-state index in [1.165, 1.54) is 0 Å². The van der Waals surface area contributed by atoms with E-state index in [4.69, 9.17) is 14.2 Å². The minimum Gasteiger partial charge on any atom is -0.486 e. The van der Waals surface area contributed by atoms with Gasteiger partial charge in [-0.1, -0.05) is 0 Å². The molecule has 1 fully saturated rings. The molecule has 2 aliphatic heterocycles. The Balaban J connectivity index is 1.76. The van der Waals surface area contributed by atoms with Crippen LogP contribution in [0.15, 0.2) is 16.6 Å². The van der Waals surface area contributed by atoms with Gasteiger partial charge in [0.15, 0.2) is 11.5 Å². The maximum Gasteiger partial charge on any atom is 0.163 e. The third-order valence-corrected chi connectivity index (χ3v) is 4.35. The number of ether oxygens (including phenoxy) is 3. The molecule has 1 saturated heterocycles. The van der Waals surface area contributed by atoms with Crippen LogP contribution < -0.4 is 14.8 Å². The van der Waals surface area contributed by atoms with Gasteiger partial charge in [-0.25, -0.2) is 0 Å². The number of fused-ring (bicyclic) bond motifs is 1. The summed E-state index contributed by atoms with van der Waals surface area (Å²) in [5.74, 6) is 1.62. The largest absolute Gasteiger partial charge is 0.486 e. The van der Waals surface area contributed by atoms with E-state index in [0.29, 0.717) is 31.5 Å². The lowest BCUT2D eigenvalue weighted by molar-refractivity contribution is -0.0337. The van der Waals surface area contributed by atoms with Gasteiger partial charge in [-0.2, -0.15) is 0 Å². The average molecular weight is 342 g/mol. The van der Waals surface area contributed by atoms with Gasteiger partial charge in [-0.05, 0) is 42.6 Å². The Morgan fingerprint density at radius 2 is 1.65 bits per heavy atom. The molecule has 20 heavy (non-hydrogen) atoms. The molecular weight excluding hydrogens is 322 g/mol. The summed E-state index contributed by atoms with van der Waals surface area (Å²) in [7, 11) is 0. The molecule has 0 spiro atoms. The highest BCUT2D eigenvalue weighted by atomic mass is 79.9. The van der Waals surface area contributed by atoms with E-state index in [-0.39, 0.29) is 0 Å². The molecule has 1 aromatic carbocycles. The molecule has 4 nitrogen and oxygen atoms in total. The molecule has 2 atom stereocenters. The van der Waals surface area contributed by atoms with Crippen molar-refractivity contribution in [3.63, 3.8) is 0 Å². The molecule has 5 heteroatoms. The van der Waals surface area contributed by atoms with E-state index in [9.17, 15) is 0 Å². The molecule has 0 radical (unpaired) electrons. The third kappa shape index (κ3) is 3.04. The second kappa shape index (κ2) is 5.82. The summed E-state index contributed by atoms with van der Waals surface area (Å²) in [4.78, 5) is 0. The highest BCUT2D eigenvalue weighted by molar-refractivity contribution is 9.10. The van der Waals surface area contributed by atoms with Crippen LogP contribution in [0.4, 0.5) is 5.69 Å². The number of hydrogen-bond donors (Lipinski definition) is 1. The smallest absolute Gasteiger partial charge is 0.163 e. The predicted octanol–water partition coefficient (Wildman–Crippen LogP) is 3.59. The van der Waals surface area contributed by atoms with Crippen molar-refractivity contribution >= 4 is 21.6 Å². The number of hydrogen-bond acceptors (Lipinski definition) is 4. The first-order valence-electron chi connectivity index (χ1n) is 7.13. The third-order valence-electron chi connectivity index (χ3n) is 3.69. The van der Waals surface area contributed by atoms with Crippen LogP contribution in [-0.4, -0.2) is 31.5 Å². The van der Waals surface area contributed by atoms with E-state index in [0.717, 1.165) is 34.5 Å². The molecule has 0 aliphatic carbocycles. The van der Waals surface area contributed by atoms with Crippen LogP contribution in [0, 0.1) is 0 Å². The van der Waals surface area contributed by atoms with Crippen molar-refractivity contribution in [2.75, 3.05) is 18.5 Å².